The molecule has 0 saturated heterocycles. The van der Waals surface area contributed by atoms with Crippen LogP contribution >= 0.6 is 0 Å². The second kappa shape index (κ2) is 4.88. The quantitative estimate of drug-likeness (QED) is 0.817. The Labute approximate surface area is 84.2 Å². The maximum Gasteiger partial charge on any atom is 0.335 e. The lowest BCUT2D eigenvalue weighted by atomic mass is 10.1. The third-order valence-electron chi connectivity index (χ3n) is 1.64. The van der Waals surface area contributed by atoms with Gasteiger partial charge in [-0.2, -0.15) is 0 Å². The molecule has 0 amide bonds. The summed E-state index contributed by atoms with van der Waals surface area (Å²) >= 11 is -1.39. The molecule has 0 aliphatic rings. The summed E-state index contributed by atoms with van der Waals surface area (Å²) in [6.45, 7) is 0. The van der Waals surface area contributed by atoms with E-state index in [0.29, 0.717) is 5.56 Å². The number of carboxylic acid groups (broad SMARTS) is 1. The Hall–Kier alpha value is -1.20. The van der Waals surface area contributed by atoms with Gasteiger partial charge >= 0.3 is 5.97 Å². The molecular weight excluding hydrogens is 204 g/mol. The molecule has 0 saturated carbocycles. The van der Waals surface area contributed by atoms with Gasteiger partial charge in [0.2, 0.25) is 0 Å². The highest BCUT2D eigenvalue weighted by Crippen LogP contribution is 2.07. The molecule has 1 N–H and O–H groups in total. The first kappa shape index (κ1) is 10.9. The van der Waals surface area contributed by atoms with Crippen LogP contribution in [0.1, 0.15) is 15.9 Å². The molecule has 0 aliphatic carbocycles. The van der Waals surface area contributed by atoms with Gasteiger partial charge in [0.15, 0.2) is 11.1 Å². The van der Waals surface area contributed by atoms with Crippen LogP contribution in [0.4, 0.5) is 0 Å². The van der Waals surface area contributed by atoms with Gasteiger partial charge in [0, 0.05) is 0 Å². The highest BCUT2D eigenvalue weighted by atomic mass is 32.2. The van der Waals surface area contributed by atoms with E-state index in [9.17, 15) is 9.00 Å². The number of carbonyl (C=O) groups is 1. The molecule has 4 nitrogen and oxygen atoms in total. The summed E-state index contributed by atoms with van der Waals surface area (Å²) in [5.74, 6) is -0.785. The molecule has 76 valence electrons. The summed E-state index contributed by atoms with van der Waals surface area (Å²) < 4.78 is 15.6. The lowest BCUT2D eigenvalue weighted by molar-refractivity contribution is 0.0696. The molecule has 0 heterocycles. The van der Waals surface area contributed by atoms with Crippen LogP contribution in [0, 0.1) is 0 Å². The van der Waals surface area contributed by atoms with E-state index in [4.69, 9.17) is 5.11 Å². The third kappa shape index (κ3) is 2.93. The van der Waals surface area contributed by atoms with E-state index in [-0.39, 0.29) is 11.3 Å². The molecule has 1 aromatic rings. The van der Waals surface area contributed by atoms with Gasteiger partial charge in [-0.3, -0.25) is 4.18 Å². The smallest absolute Gasteiger partial charge is 0.335 e. The number of carboxylic acids is 1. The van der Waals surface area contributed by atoms with Gasteiger partial charge in [-0.1, -0.05) is 12.1 Å². The van der Waals surface area contributed by atoms with Gasteiger partial charge in [0.1, 0.15) is 0 Å². The lowest BCUT2D eigenvalue weighted by Crippen LogP contribution is -2.00. The molecule has 5 heteroatoms. The van der Waals surface area contributed by atoms with E-state index in [2.05, 4.69) is 4.18 Å². The number of hydrogen-bond acceptors (Lipinski definition) is 3. The first-order valence-corrected chi connectivity index (χ1v) is 5.13. The van der Waals surface area contributed by atoms with Crippen molar-refractivity contribution in [3.8, 4) is 0 Å². The monoisotopic (exact) mass is 214 g/mol. The zero-order chi connectivity index (χ0) is 10.6. The first-order chi connectivity index (χ1) is 6.63. The van der Waals surface area contributed by atoms with Crippen molar-refractivity contribution in [3.05, 3.63) is 35.4 Å². The van der Waals surface area contributed by atoms with Crippen molar-refractivity contribution in [1.29, 1.82) is 0 Å². The van der Waals surface area contributed by atoms with Crippen molar-refractivity contribution in [3.63, 3.8) is 0 Å². The topological polar surface area (TPSA) is 63.6 Å². The summed E-state index contributed by atoms with van der Waals surface area (Å²) in [5.41, 5.74) is 0.876. The maximum atomic E-state index is 11.0. The van der Waals surface area contributed by atoms with Crippen LogP contribution in [0.25, 0.3) is 0 Å². The Morgan fingerprint density at radius 2 is 2.29 bits per heavy atom. The van der Waals surface area contributed by atoms with E-state index in [0.717, 1.165) is 0 Å². The second-order valence-electron chi connectivity index (χ2n) is 2.62. The van der Waals surface area contributed by atoms with Crippen molar-refractivity contribution < 1.29 is 18.3 Å². The molecule has 0 aromatic heterocycles. The van der Waals surface area contributed by atoms with Crippen LogP contribution in [0.2, 0.25) is 0 Å². The predicted octanol–water partition coefficient (Wildman–Crippen LogP) is 1.19. The van der Waals surface area contributed by atoms with Gasteiger partial charge in [-0.15, -0.1) is 0 Å². The predicted molar refractivity (Wildman–Crippen MR) is 52.3 cm³/mol. The second-order valence-corrected chi connectivity index (χ2v) is 3.85. The van der Waals surface area contributed by atoms with Crippen LogP contribution in [0.5, 0.6) is 0 Å². The lowest BCUT2D eigenvalue weighted by Gasteiger charge is -2.00. The fourth-order valence-corrected chi connectivity index (χ4v) is 1.56. The Morgan fingerprint density at radius 3 is 2.86 bits per heavy atom. The van der Waals surface area contributed by atoms with Crippen molar-refractivity contribution in [2.75, 3.05) is 7.11 Å². The van der Waals surface area contributed by atoms with Crippen molar-refractivity contribution in [2.45, 2.75) is 5.75 Å². The van der Waals surface area contributed by atoms with Crippen LogP contribution < -0.4 is 0 Å². The third-order valence-corrected chi connectivity index (χ3v) is 2.59. The van der Waals surface area contributed by atoms with Crippen molar-refractivity contribution in [2.24, 2.45) is 0 Å². The van der Waals surface area contributed by atoms with E-state index < -0.39 is 17.0 Å². The van der Waals surface area contributed by atoms with Crippen LogP contribution in [0.15, 0.2) is 24.3 Å². The summed E-state index contributed by atoms with van der Waals surface area (Å²) in [5, 5.41) is 8.69. The molecule has 1 rings (SSSR count). The van der Waals surface area contributed by atoms with Crippen LogP contribution in [0.3, 0.4) is 0 Å². The molecule has 0 spiro atoms. The first-order valence-electron chi connectivity index (χ1n) is 3.88. The molecule has 0 bridgehead atoms. The largest absolute Gasteiger partial charge is 0.478 e. The Morgan fingerprint density at radius 1 is 1.57 bits per heavy atom. The minimum absolute atomic E-state index is 0.190. The minimum atomic E-state index is -1.39. The summed E-state index contributed by atoms with van der Waals surface area (Å²) in [6, 6.07) is 6.30. The number of benzene rings is 1. The zero-order valence-electron chi connectivity index (χ0n) is 7.60. The Balaban J connectivity index is 2.83. The van der Waals surface area contributed by atoms with Crippen molar-refractivity contribution >= 4 is 17.0 Å². The highest BCUT2D eigenvalue weighted by Gasteiger charge is 2.05. The van der Waals surface area contributed by atoms with E-state index in [1.165, 1.54) is 19.2 Å². The standard InChI is InChI=1S/C9H10O4S/c1-13-14(12)6-7-3-2-4-8(5-7)9(10)11/h2-5H,6H2,1H3,(H,10,11). The molecule has 1 unspecified atom stereocenters. The van der Waals surface area contributed by atoms with Gasteiger partial charge < -0.3 is 5.11 Å². The van der Waals surface area contributed by atoms with Gasteiger partial charge in [-0.25, -0.2) is 9.00 Å². The fourth-order valence-electron chi connectivity index (χ4n) is 0.989. The molecular formula is C9H10O4S. The average Bonchev–Trinajstić information content (AvgIpc) is 2.18. The number of rotatable bonds is 4. The van der Waals surface area contributed by atoms with E-state index in [1.54, 1.807) is 12.1 Å². The summed E-state index contributed by atoms with van der Waals surface area (Å²) in [6.07, 6.45) is 0. The van der Waals surface area contributed by atoms with Crippen LogP contribution in [-0.4, -0.2) is 22.4 Å². The highest BCUT2D eigenvalue weighted by molar-refractivity contribution is 7.79. The van der Waals surface area contributed by atoms with Crippen molar-refractivity contribution in [1.82, 2.24) is 0 Å². The minimum Gasteiger partial charge on any atom is -0.478 e. The Bertz CT molecular complexity index is 362. The van der Waals surface area contributed by atoms with E-state index >= 15 is 0 Å². The fraction of sp³-hybridized carbons (Fsp3) is 0.222. The molecule has 0 aliphatic heterocycles. The average molecular weight is 214 g/mol. The number of aromatic carboxylic acids is 1. The molecule has 0 radical (unpaired) electrons. The number of hydrogen-bond donors (Lipinski definition) is 1. The van der Waals surface area contributed by atoms with Gasteiger partial charge in [-0.05, 0) is 17.7 Å². The summed E-state index contributed by atoms with van der Waals surface area (Å²) in [4.78, 5) is 10.6. The Kier molecular flexibility index (Phi) is 3.79. The SMILES string of the molecule is COS(=O)Cc1cccc(C(=O)O)c1. The molecule has 0 fully saturated rings. The summed E-state index contributed by atoms with van der Waals surface area (Å²) in [7, 11) is 1.34. The van der Waals surface area contributed by atoms with Gasteiger partial charge in [0.05, 0.1) is 18.4 Å². The van der Waals surface area contributed by atoms with Crippen LogP contribution in [-0.2, 0) is 21.0 Å². The maximum absolute atomic E-state index is 11.0. The zero-order valence-corrected chi connectivity index (χ0v) is 8.41. The molecule has 1 aromatic carbocycles. The normalized spacial score (nSPS) is 12.4. The van der Waals surface area contributed by atoms with E-state index in [1.807, 2.05) is 0 Å². The molecule has 1 atom stereocenters. The van der Waals surface area contributed by atoms with Gasteiger partial charge in [0.25, 0.3) is 0 Å². The molecule has 14 heavy (non-hydrogen) atoms.